The summed E-state index contributed by atoms with van der Waals surface area (Å²) >= 11 is 0. The van der Waals surface area contributed by atoms with Gasteiger partial charge in [0, 0.05) is 13.0 Å². The number of rotatable bonds is 3. The Bertz CT molecular complexity index is 147. The van der Waals surface area contributed by atoms with E-state index in [-0.39, 0.29) is 0 Å². The molecule has 3 heteroatoms. The first-order valence-corrected chi connectivity index (χ1v) is 4.16. The summed E-state index contributed by atoms with van der Waals surface area (Å²) in [5, 5.41) is 8.51. The number of hydrogen-bond donors (Lipinski definition) is 1. The molecule has 1 aliphatic heterocycles. The average molecular weight is 157 g/mol. The number of aliphatic carboxylic acids is 1. The molecule has 1 unspecified atom stereocenters. The fourth-order valence-electron chi connectivity index (χ4n) is 1.61. The van der Waals surface area contributed by atoms with Crippen molar-refractivity contribution in [3.05, 3.63) is 0 Å². The predicted molar refractivity (Wildman–Crippen MR) is 42.5 cm³/mol. The molecule has 0 aliphatic carbocycles. The summed E-state index contributed by atoms with van der Waals surface area (Å²) in [5.41, 5.74) is 0. The maximum Gasteiger partial charge on any atom is 0.303 e. The Labute approximate surface area is 67.0 Å². The molecule has 1 heterocycles. The van der Waals surface area contributed by atoms with Crippen molar-refractivity contribution in [1.82, 2.24) is 4.90 Å². The van der Waals surface area contributed by atoms with E-state index in [0.717, 1.165) is 26.1 Å². The Balaban J connectivity index is 2.24. The lowest BCUT2D eigenvalue weighted by atomic mass is 10.1. The van der Waals surface area contributed by atoms with Gasteiger partial charge in [0.2, 0.25) is 0 Å². The highest BCUT2D eigenvalue weighted by Crippen LogP contribution is 2.18. The van der Waals surface area contributed by atoms with Gasteiger partial charge in [0.15, 0.2) is 0 Å². The van der Waals surface area contributed by atoms with Gasteiger partial charge in [-0.1, -0.05) is 6.92 Å². The van der Waals surface area contributed by atoms with Crippen LogP contribution >= 0.6 is 0 Å². The second-order valence-electron chi connectivity index (χ2n) is 3.15. The topological polar surface area (TPSA) is 40.5 Å². The Morgan fingerprint density at radius 3 is 2.91 bits per heavy atom. The van der Waals surface area contributed by atoms with Crippen molar-refractivity contribution in [3.63, 3.8) is 0 Å². The van der Waals surface area contributed by atoms with E-state index in [9.17, 15) is 4.79 Å². The van der Waals surface area contributed by atoms with Crippen LogP contribution in [-0.2, 0) is 4.79 Å². The van der Waals surface area contributed by atoms with Crippen LogP contribution in [0, 0.1) is 5.92 Å². The normalized spacial score (nSPS) is 25.7. The number of nitrogens with zero attached hydrogens (tertiary/aromatic N) is 1. The molecular weight excluding hydrogens is 142 g/mol. The summed E-state index contributed by atoms with van der Waals surface area (Å²) in [6, 6.07) is 0. The van der Waals surface area contributed by atoms with E-state index in [4.69, 9.17) is 5.11 Å². The van der Waals surface area contributed by atoms with Crippen LogP contribution in [0.2, 0.25) is 0 Å². The van der Waals surface area contributed by atoms with Crippen LogP contribution in [0.15, 0.2) is 0 Å². The van der Waals surface area contributed by atoms with Crippen molar-refractivity contribution in [2.45, 2.75) is 19.8 Å². The van der Waals surface area contributed by atoms with Crippen LogP contribution in [0.4, 0.5) is 0 Å². The minimum atomic E-state index is -0.659. The minimum absolute atomic E-state index is 0.344. The zero-order valence-electron chi connectivity index (χ0n) is 6.92. The SMILES string of the molecule is CCN1CCC(CC(=O)O)C1. The molecule has 1 fully saturated rings. The maximum atomic E-state index is 10.3. The van der Waals surface area contributed by atoms with Crippen LogP contribution in [0.3, 0.4) is 0 Å². The van der Waals surface area contributed by atoms with Gasteiger partial charge in [0.1, 0.15) is 0 Å². The third-order valence-corrected chi connectivity index (χ3v) is 2.28. The van der Waals surface area contributed by atoms with Crippen molar-refractivity contribution in [2.75, 3.05) is 19.6 Å². The van der Waals surface area contributed by atoms with Gasteiger partial charge >= 0.3 is 5.97 Å². The lowest BCUT2D eigenvalue weighted by molar-refractivity contribution is -0.138. The monoisotopic (exact) mass is 157 g/mol. The van der Waals surface area contributed by atoms with Crippen molar-refractivity contribution in [3.8, 4) is 0 Å². The van der Waals surface area contributed by atoms with Crippen LogP contribution in [-0.4, -0.2) is 35.6 Å². The zero-order valence-corrected chi connectivity index (χ0v) is 6.92. The summed E-state index contributed by atoms with van der Waals surface area (Å²) < 4.78 is 0. The molecule has 0 spiro atoms. The fourth-order valence-corrected chi connectivity index (χ4v) is 1.61. The summed E-state index contributed by atoms with van der Waals surface area (Å²) in [6.45, 7) is 5.22. The van der Waals surface area contributed by atoms with Crippen molar-refractivity contribution in [2.24, 2.45) is 5.92 Å². The Morgan fingerprint density at radius 2 is 2.45 bits per heavy atom. The molecule has 0 amide bonds. The first-order chi connectivity index (χ1) is 5.22. The van der Waals surface area contributed by atoms with E-state index >= 15 is 0 Å². The summed E-state index contributed by atoms with van der Waals surface area (Å²) in [5.74, 6) is -0.264. The second kappa shape index (κ2) is 3.72. The number of carboxylic acid groups (broad SMARTS) is 1. The average Bonchev–Trinajstić information content (AvgIpc) is 2.34. The summed E-state index contributed by atoms with van der Waals surface area (Å²) in [6.07, 6.45) is 1.40. The highest BCUT2D eigenvalue weighted by atomic mass is 16.4. The molecule has 0 aromatic heterocycles. The first kappa shape index (κ1) is 8.53. The first-order valence-electron chi connectivity index (χ1n) is 4.16. The van der Waals surface area contributed by atoms with E-state index in [2.05, 4.69) is 11.8 Å². The molecule has 1 N–H and O–H groups in total. The standard InChI is InChI=1S/C8H15NO2/c1-2-9-4-3-7(6-9)5-8(10)11/h7H,2-6H2,1H3,(H,10,11). The maximum absolute atomic E-state index is 10.3. The van der Waals surface area contributed by atoms with Crippen LogP contribution < -0.4 is 0 Å². The molecule has 1 rings (SSSR count). The number of hydrogen-bond acceptors (Lipinski definition) is 2. The highest BCUT2D eigenvalue weighted by molar-refractivity contribution is 5.67. The molecule has 0 aromatic rings. The molecule has 11 heavy (non-hydrogen) atoms. The van der Waals surface area contributed by atoms with E-state index in [1.54, 1.807) is 0 Å². The molecule has 3 nitrogen and oxygen atoms in total. The van der Waals surface area contributed by atoms with Gasteiger partial charge in [-0.05, 0) is 25.4 Å². The number of likely N-dealkylation sites (tertiary alicyclic amines) is 1. The quantitative estimate of drug-likeness (QED) is 0.658. The smallest absolute Gasteiger partial charge is 0.303 e. The fraction of sp³-hybridized carbons (Fsp3) is 0.875. The molecular formula is C8H15NO2. The van der Waals surface area contributed by atoms with Crippen molar-refractivity contribution >= 4 is 5.97 Å². The molecule has 0 radical (unpaired) electrons. The summed E-state index contributed by atoms with van der Waals surface area (Å²) in [7, 11) is 0. The third-order valence-electron chi connectivity index (χ3n) is 2.28. The Morgan fingerprint density at radius 1 is 1.73 bits per heavy atom. The molecule has 64 valence electrons. The molecule has 1 atom stereocenters. The van der Waals surface area contributed by atoms with Gasteiger partial charge in [0.05, 0.1) is 0 Å². The van der Waals surface area contributed by atoms with Crippen LogP contribution in [0.25, 0.3) is 0 Å². The van der Waals surface area contributed by atoms with Gasteiger partial charge < -0.3 is 10.0 Å². The van der Waals surface area contributed by atoms with Gasteiger partial charge in [-0.2, -0.15) is 0 Å². The molecule has 1 saturated heterocycles. The number of carboxylic acids is 1. The third kappa shape index (κ3) is 2.50. The zero-order chi connectivity index (χ0) is 8.27. The van der Waals surface area contributed by atoms with Crippen molar-refractivity contribution < 1.29 is 9.90 Å². The second-order valence-corrected chi connectivity index (χ2v) is 3.15. The Hall–Kier alpha value is -0.570. The number of carbonyl (C=O) groups is 1. The van der Waals surface area contributed by atoms with Crippen LogP contribution in [0.1, 0.15) is 19.8 Å². The van der Waals surface area contributed by atoms with Gasteiger partial charge in [-0.25, -0.2) is 0 Å². The van der Waals surface area contributed by atoms with E-state index in [0.29, 0.717) is 12.3 Å². The van der Waals surface area contributed by atoms with Crippen LogP contribution in [0.5, 0.6) is 0 Å². The predicted octanol–water partition coefficient (Wildman–Crippen LogP) is 0.803. The minimum Gasteiger partial charge on any atom is -0.481 e. The molecule has 0 saturated carbocycles. The molecule has 1 aliphatic rings. The van der Waals surface area contributed by atoms with Crippen molar-refractivity contribution in [1.29, 1.82) is 0 Å². The molecule has 0 bridgehead atoms. The van der Waals surface area contributed by atoms with E-state index < -0.39 is 5.97 Å². The van der Waals surface area contributed by atoms with Gasteiger partial charge in [0.25, 0.3) is 0 Å². The molecule has 0 aromatic carbocycles. The highest BCUT2D eigenvalue weighted by Gasteiger charge is 2.22. The Kier molecular flexibility index (Phi) is 2.88. The van der Waals surface area contributed by atoms with Gasteiger partial charge in [-0.3, -0.25) is 4.79 Å². The summed E-state index contributed by atoms with van der Waals surface area (Å²) in [4.78, 5) is 12.6. The lowest BCUT2D eigenvalue weighted by Gasteiger charge is -2.11. The van der Waals surface area contributed by atoms with E-state index in [1.165, 1.54) is 0 Å². The lowest BCUT2D eigenvalue weighted by Crippen LogP contribution is -2.20. The largest absolute Gasteiger partial charge is 0.481 e. The van der Waals surface area contributed by atoms with E-state index in [1.807, 2.05) is 0 Å². The van der Waals surface area contributed by atoms with Gasteiger partial charge in [-0.15, -0.1) is 0 Å².